The van der Waals surface area contributed by atoms with E-state index in [0.717, 1.165) is 31.4 Å². The highest BCUT2D eigenvalue weighted by atomic mass is 32.2. The lowest BCUT2D eigenvalue weighted by molar-refractivity contribution is 0.232. The third-order valence-electron chi connectivity index (χ3n) is 3.87. The van der Waals surface area contributed by atoms with Gasteiger partial charge >= 0.3 is 0 Å². The molecule has 5 nitrogen and oxygen atoms in total. The summed E-state index contributed by atoms with van der Waals surface area (Å²) in [6.07, 6.45) is 5.79. The first kappa shape index (κ1) is 17.2. The predicted octanol–water partition coefficient (Wildman–Crippen LogP) is 1.12. The maximum absolute atomic E-state index is 12.6. The summed E-state index contributed by atoms with van der Waals surface area (Å²) in [5, 5.41) is 0. The van der Waals surface area contributed by atoms with Gasteiger partial charge in [0, 0.05) is 32.2 Å². The third kappa shape index (κ3) is 4.32. The van der Waals surface area contributed by atoms with E-state index in [0.29, 0.717) is 13.1 Å². The number of rotatable bonds is 7. The van der Waals surface area contributed by atoms with Crippen LogP contribution in [0.4, 0.5) is 0 Å². The molecule has 19 heavy (non-hydrogen) atoms. The summed E-state index contributed by atoms with van der Waals surface area (Å²) in [5.41, 5.74) is 5.72. The molecular formula is C12H27N3O2S2. The number of nitrogens with zero attached hydrogens (tertiary/aromatic N) is 2. The quantitative estimate of drug-likeness (QED) is 0.765. The molecule has 0 radical (unpaired) electrons. The Balaban J connectivity index is 2.77. The summed E-state index contributed by atoms with van der Waals surface area (Å²) in [5.74, 6) is 0.974. The number of thioether (sulfide) groups is 1. The van der Waals surface area contributed by atoms with Crippen molar-refractivity contribution in [1.29, 1.82) is 0 Å². The van der Waals surface area contributed by atoms with Crippen LogP contribution in [0.3, 0.4) is 0 Å². The fourth-order valence-electron chi connectivity index (χ4n) is 2.38. The van der Waals surface area contributed by atoms with Crippen LogP contribution in [-0.4, -0.2) is 61.3 Å². The summed E-state index contributed by atoms with van der Waals surface area (Å²) in [7, 11) is -1.69. The van der Waals surface area contributed by atoms with E-state index < -0.39 is 10.2 Å². The van der Waals surface area contributed by atoms with Crippen LogP contribution in [0, 0.1) is 0 Å². The molecule has 2 N–H and O–H groups in total. The predicted molar refractivity (Wildman–Crippen MR) is 82.5 cm³/mol. The molecule has 2 unspecified atom stereocenters. The summed E-state index contributed by atoms with van der Waals surface area (Å²) >= 11 is 1.74. The van der Waals surface area contributed by atoms with E-state index in [1.807, 2.05) is 13.2 Å². The molecule has 1 heterocycles. The molecule has 0 aromatic heterocycles. The van der Waals surface area contributed by atoms with Crippen LogP contribution >= 0.6 is 11.8 Å². The minimum atomic E-state index is -3.38. The molecule has 114 valence electrons. The van der Waals surface area contributed by atoms with Crippen LogP contribution < -0.4 is 5.73 Å². The average molecular weight is 310 g/mol. The van der Waals surface area contributed by atoms with Crippen molar-refractivity contribution < 1.29 is 8.42 Å². The van der Waals surface area contributed by atoms with Gasteiger partial charge in [0.1, 0.15) is 0 Å². The number of piperidine rings is 1. The fraction of sp³-hybridized carbons (Fsp3) is 1.00. The lowest BCUT2D eigenvalue weighted by atomic mass is 10.1. The van der Waals surface area contributed by atoms with E-state index >= 15 is 0 Å². The molecule has 2 atom stereocenters. The largest absolute Gasteiger partial charge is 0.329 e. The maximum Gasteiger partial charge on any atom is 0.282 e. The van der Waals surface area contributed by atoms with Crippen molar-refractivity contribution in [2.24, 2.45) is 5.73 Å². The first-order valence-corrected chi connectivity index (χ1v) is 9.68. The Bertz CT molecular complexity index is 362. The molecule has 0 aromatic rings. The summed E-state index contributed by atoms with van der Waals surface area (Å²) < 4.78 is 28.4. The van der Waals surface area contributed by atoms with Crippen LogP contribution in [0.15, 0.2) is 0 Å². The zero-order valence-electron chi connectivity index (χ0n) is 12.2. The molecule has 0 aliphatic carbocycles. The van der Waals surface area contributed by atoms with Gasteiger partial charge in [-0.3, -0.25) is 0 Å². The lowest BCUT2D eigenvalue weighted by Crippen LogP contribution is -2.53. The molecule has 0 spiro atoms. The molecule has 1 aliphatic rings. The highest BCUT2D eigenvalue weighted by molar-refractivity contribution is 7.98. The van der Waals surface area contributed by atoms with Gasteiger partial charge in [-0.15, -0.1) is 0 Å². The number of nitrogens with two attached hydrogens (primary N) is 1. The average Bonchev–Trinajstić information content (AvgIpc) is 2.43. The Kier molecular flexibility index (Phi) is 7.10. The van der Waals surface area contributed by atoms with Crippen molar-refractivity contribution in [3.05, 3.63) is 0 Å². The van der Waals surface area contributed by atoms with Crippen molar-refractivity contribution in [2.75, 3.05) is 32.1 Å². The van der Waals surface area contributed by atoms with Gasteiger partial charge in [0.05, 0.1) is 0 Å². The Morgan fingerprint density at radius 2 is 2.16 bits per heavy atom. The van der Waals surface area contributed by atoms with Gasteiger partial charge in [-0.25, -0.2) is 0 Å². The van der Waals surface area contributed by atoms with Gasteiger partial charge in [-0.1, -0.05) is 6.42 Å². The van der Waals surface area contributed by atoms with Crippen LogP contribution in [0.25, 0.3) is 0 Å². The summed E-state index contributed by atoms with van der Waals surface area (Å²) in [6.45, 7) is 2.98. The highest BCUT2D eigenvalue weighted by Crippen LogP contribution is 2.23. The Hall–Kier alpha value is 0.180. The van der Waals surface area contributed by atoms with Gasteiger partial charge in [0.25, 0.3) is 10.2 Å². The summed E-state index contributed by atoms with van der Waals surface area (Å²) in [4.78, 5) is 0. The fourth-order valence-corrected chi connectivity index (χ4v) is 4.77. The van der Waals surface area contributed by atoms with Gasteiger partial charge in [-0.05, 0) is 38.2 Å². The van der Waals surface area contributed by atoms with E-state index in [-0.39, 0.29) is 12.1 Å². The van der Waals surface area contributed by atoms with E-state index in [1.165, 1.54) is 4.31 Å². The van der Waals surface area contributed by atoms with E-state index in [2.05, 4.69) is 0 Å². The minimum Gasteiger partial charge on any atom is -0.329 e. The van der Waals surface area contributed by atoms with E-state index in [9.17, 15) is 8.42 Å². The van der Waals surface area contributed by atoms with Crippen molar-refractivity contribution in [3.63, 3.8) is 0 Å². The second-order valence-corrected chi connectivity index (χ2v) is 8.08. The Morgan fingerprint density at radius 3 is 2.74 bits per heavy atom. The second kappa shape index (κ2) is 7.83. The molecule has 0 aromatic carbocycles. The zero-order chi connectivity index (χ0) is 14.5. The minimum absolute atomic E-state index is 0.0257. The van der Waals surface area contributed by atoms with Crippen molar-refractivity contribution in [2.45, 2.75) is 44.7 Å². The van der Waals surface area contributed by atoms with Crippen molar-refractivity contribution in [3.8, 4) is 0 Å². The molecule has 1 rings (SSSR count). The molecule has 1 aliphatic heterocycles. The molecule has 1 fully saturated rings. The molecule has 1 saturated heterocycles. The zero-order valence-corrected chi connectivity index (χ0v) is 13.8. The topological polar surface area (TPSA) is 66.6 Å². The first-order valence-electron chi connectivity index (χ1n) is 6.89. The van der Waals surface area contributed by atoms with Crippen LogP contribution in [0.1, 0.15) is 32.6 Å². The van der Waals surface area contributed by atoms with Gasteiger partial charge < -0.3 is 5.73 Å². The van der Waals surface area contributed by atoms with Crippen molar-refractivity contribution >= 4 is 22.0 Å². The molecule has 0 bridgehead atoms. The third-order valence-corrected chi connectivity index (χ3v) is 6.67. The Morgan fingerprint density at radius 1 is 1.47 bits per heavy atom. The standard InChI is InChI=1S/C12H27N3O2S2/c1-11(7-9-18-3)14(2)19(16,17)15-8-5-4-6-12(15)10-13/h11-12H,4-10,13H2,1-3H3. The lowest BCUT2D eigenvalue weighted by Gasteiger charge is -2.38. The SMILES string of the molecule is CSCCC(C)N(C)S(=O)(=O)N1CCCCC1CN. The molecule has 7 heteroatoms. The van der Waals surface area contributed by atoms with Crippen LogP contribution in [0.5, 0.6) is 0 Å². The Labute approximate surface area is 122 Å². The second-order valence-electron chi connectivity index (χ2n) is 5.15. The van der Waals surface area contributed by atoms with Crippen LogP contribution in [0.2, 0.25) is 0 Å². The molecular weight excluding hydrogens is 282 g/mol. The van der Waals surface area contributed by atoms with Crippen LogP contribution in [-0.2, 0) is 10.2 Å². The van der Waals surface area contributed by atoms with Gasteiger partial charge in [0.15, 0.2) is 0 Å². The van der Waals surface area contributed by atoms with Crippen molar-refractivity contribution in [1.82, 2.24) is 8.61 Å². The van der Waals surface area contributed by atoms with Gasteiger partial charge in [-0.2, -0.15) is 28.8 Å². The van der Waals surface area contributed by atoms with E-state index in [4.69, 9.17) is 5.73 Å². The van der Waals surface area contributed by atoms with E-state index in [1.54, 1.807) is 23.1 Å². The highest BCUT2D eigenvalue weighted by Gasteiger charge is 2.35. The number of hydrogen-bond acceptors (Lipinski definition) is 4. The summed E-state index contributed by atoms with van der Waals surface area (Å²) in [6, 6.07) is -0.00764. The normalized spacial score (nSPS) is 23.7. The monoisotopic (exact) mass is 309 g/mol. The first-order chi connectivity index (χ1) is 8.95. The smallest absolute Gasteiger partial charge is 0.282 e. The molecule has 0 saturated carbocycles. The van der Waals surface area contributed by atoms with Gasteiger partial charge in [0.2, 0.25) is 0 Å². The molecule has 0 amide bonds. The maximum atomic E-state index is 12.6. The number of hydrogen-bond donors (Lipinski definition) is 1.